The maximum absolute atomic E-state index is 12.7. The molecule has 0 saturated carbocycles. The summed E-state index contributed by atoms with van der Waals surface area (Å²) in [6.07, 6.45) is 59.6. The quantitative estimate of drug-likeness (QED) is 0.0268. The summed E-state index contributed by atoms with van der Waals surface area (Å²) >= 11 is 0. The van der Waals surface area contributed by atoms with E-state index in [-0.39, 0.29) is 44.0 Å². The average molecular weight is 789 g/mol. The maximum Gasteiger partial charge on any atom is 0.306 e. The Morgan fingerprint density at radius 2 is 0.719 bits per heavy atom. The predicted molar refractivity (Wildman–Crippen MR) is 242 cm³/mol. The van der Waals surface area contributed by atoms with Crippen molar-refractivity contribution in [2.75, 3.05) is 13.2 Å². The second-order valence-corrected chi connectivity index (χ2v) is 14.2. The fraction of sp³-hybridized carbons (Fsp3) is 0.588. The summed E-state index contributed by atoms with van der Waals surface area (Å²) < 4.78 is 16.5. The van der Waals surface area contributed by atoms with Crippen molar-refractivity contribution >= 4 is 17.9 Å². The van der Waals surface area contributed by atoms with Crippen LogP contribution in [0.1, 0.15) is 175 Å². The van der Waals surface area contributed by atoms with Gasteiger partial charge < -0.3 is 14.2 Å². The van der Waals surface area contributed by atoms with Crippen LogP contribution in [0.25, 0.3) is 0 Å². The number of ether oxygens (including phenoxy) is 3. The van der Waals surface area contributed by atoms with E-state index in [1.165, 1.54) is 25.7 Å². The highest BCUT2D eigenvalue weighted by Crippen LogP contribution is 2.11. The van der Waals surface area contributed by atoms with Gasteiger partial charge in [0.1, 0.15) is 13.2 Å². The molecule has 6 heteroatoms. The van der Waals surface area contributed by atoms with E-state index in [1.807, 2.05) is 12.2 Å². The first kappa shape index (κ1) is 53.1. The third-order valence-corrected chi connectivity index (χ3v) is 8.79. The molecule has 0 N–H and O–H groups in total. The minimum absolute atomic E-state index is 0.115. The van der Waals surface area contributed by atoms with Crippen LogP contribution in [0.5, 0.6) is 0 Å². The summed E-state index contributed by atoms with van der Waals surface area (Å²) in [5.74, 6) is -1.05. The molecule has 0 aromatic carbocycles. The number of allylic oxidation sites excluding steroid dienone is 18. The fourth-order valence-corrected chi connectivity index (χ4v) is 5.48. The first-order chi connectivity index (χ1) is 28.0. The smallest absolute Gasteiger partial charge is 0.306 e. The largest absolute Gasteiger partial charge is 0.462 e. The van der Waals surface area contributed by atoms with Crippen molar-refractivity contribution in [1.82, 2.24) is 0 Å². The van der Waals surface area contributed by atoms with Crippen molar-refractivity contribution in [1.29, 1.82) is 0 Å². The summed E-state index contributed by atoms with van der Waals surface area (Å²) in [4.78, 5) is 37.6. The normalized spacial score (nSPS) is 13.1. The Bertz CT molecular complexity index is 1230. The van der Waals surface area contributed by atoms with Crippen LogP contribution >= 0.6 is 0 Å². The summed E-state index contributed by atoms with van der Waals surface area (Å²) in [5.41, 5.74) is 0. The molecular formula is C51H80O6. The molecule has 0 aromatic rings. The van der Waals surface area contributed by atoms with Gasteiger partial charge >= 0.3 is 17.9 Å². The number of unbranched alkanes of at least 4 members (excludes halogenated alkanes) is 9. The molecule has 320 valence electrons. The second-order valence-electron chi connectivity index (χ2n) is 14.2. The van der Waals surface area contributed by atoms with Gasteiger partial charge in [-0.15, -0.1) is 0 Å². The Morgan fingerprint density at radius 3 is 1.18 bits per heavy atom. The van der Waals surface area contributed by atoms with E-state index < -0.39 is 6.10 Å². The first-order valence-electron chi connectivity index (χ1n) is 22.4. The van der Waals surface area contributed by atoms with Crippen LogP contribution in [0.3, 0.4) is 0 Å². The van der Waals surface area contributed by atoms with E-state index in [9.17, 15) is 14.4 Å². The molecular weight excluding hydrogens is 709 g/mol. The molecule has 0 radical (unpaired) electrons. The van der Waals surface area contributed by atoms with Crippen LogP contribution in [0.4, 0.5) is 0 Å². The van der Waals surface area contributed by atoms with Gasteiger partial charge in [-0.3, -0.25) is 14.4 Å². The molecule has 0 spiro atoms. The molecule has 1 atom stereocenters. The lowest BCUT2D eigenvalue weighted by atomic mass is 10.1. The van der Waals surface area contributed by atoms with Crippen molar-refractivity contribution in [3.8, 4) is 0 Å². The number of rotatable bonds is 38. The average Bonchev–Trinajstić information content (AvgIpc) is 3.21. The zero-order chi connectivity index (χ0) is 41.5. The number of carbonyl (C=O) groups is 3. The van der Waals surface area contributed by atoms with Crippen LogP contribution in [0.15, 0.2) is 109 Å². The molecule has 0 heterocycles. The zero-order valence-electron chi connectivity index (χ0n) is 36.3. The van der Waals surface area contributed by atoms with Crippen LogP contribution < -0.4 is 0 Å². The molecule has 0 aliphatic heterocycles. The molecule has 6 nitrogen and oxygen atoms in total. The molecule has 0 aromatic heterocycles. The minimum Gasteiger partial charge on any atom is -0.462 e. The van der Waals surface area contributed by atoms with Crippen LogP contribution in [0.2, 0.25) is 0 Å². The Kier molecular flexibility index (Phi) is 41.7. The molecule has 0 fully saturated rings. The summed E-state index contributed by atoms with van der Waals surface area (Å²) in [6.45, 7) is 6.23. The van der Waals surface area contributed by atoms with E-state index in [2.05, 4.69) is 118 Å². The lowest BCUT2D eigenvalue weighted by Crippen LogP contribution is -2.30. The van der Waals surface area contributed by atoms with E-state index in [0.29, 0.717) is 19.3 Å². The van der Waals surface area contributed by atoms with Gasteiger partial charge in [0.15, 0.2) is 6.10 Å². The van der Waals surface area contributed by atoms with Crippen molar-refractivity contribution in [3.05, 3.63) is 109 Å². The molecule has 0 aliphatic carbocycles. The highest BCUT2D eigenvalue weighted by molar-refractivity contribution is 5.71. The number of carbonyl (C=O) groups excluding carboxylic acids is 3. The van der Waals surface area contributed by atoms with Crippen molar-refractivity contribution in [2.45, 2.75) is 181 Å². The van der Waals surface area contributed by atoms with Gasteiger partial charge in [0.25, 0.3) is 0 Å². The van der Waals surface area contributed by atoms with Crippen LogP contribution in [-0.2, 0) is 28.6 Å². The molecule has 0 saturated heterocycles. The fourth-order valence-electron chi connectivity index (χ4n) is 5.48. The highest BCUT2D eigenvalue weighted by atomic mass is 16.6. The number of hydrogen-bond acceptors (Lipinski definition) is 6. The molecule has 0 rings (SSSR count). The predicted octanol–water partition coefficient (Wildman–Crippen LogP) is 14.4. The topological polar surface area (TPSA) is 78.9 Å². The van der Waals surface area contributed by atoms with Crippen LogP contribution in [0, 0.1) is 0 Å². The summed E-state index contributed by atoms with van der Waals surface area (Å²) in [5, 5.41) is 0. The minimum atomic E-state index is -0.821. The lowest BCUT2D eigenvalue weighted by Gasteiger charge is -2.18. The summed E-state index contributed by atoms with van der Waals surface area (Å²) in [6, 6.07) is 0. The van der Waals surface area contributed by atoms with Crippen LogP contribution in [-0.4, -0.2) is 37.2 Å². The maximum atomic E-state index is 12.7. The molecule has 0 aliphatic rings. The molecule has 0 bridgehead atoms. The number of hydrogen-bond donors (Lipinski definition) is 0. The SMILES string of the molecule is CC/C=C\C/C=C\C/C=C\C/C=C\C/C=C\C/C=C\CCC(=O)OCC(COC(=O)CCCCCCCCC)OC(=O)CCCCC/C=C\C/C=C\C/C=C\CC. The van der Waals surface area contributed by atoms with Crippen molar-refractivity contribution < 1.29 is 28.6 Å². The van der Waals surface area contributed by atoms with E-state index in [4.69, 9.17) is 14.2 Å². The van der Waals surface area contributed by atoms with Gasteiger partial charge in [-0.1, -0.05) is 175 Å². The Labute approximate surface area is 349 Å². The van der Waals surface area contributed by atoms with E-state index in [1.54, 1.807) is 0 Å². The third kappa shape index (κ3) is 43.0. The lowest BCUT2D eigenvalue weighted by molar-refractivity contribution is -0.166. The Hall–Kier alpha value is -3.93. The van der Waals surface area contributed by atoms with Gasteiger partial charge in [-0.2, -0.15) is 0 Å². The first-order valence-corrected chi connectivity index (χ1v) is 22.4. The standard InChI is InChI=1S/C51H80O6/c1-4-7-10-13-16-18-20-22-23-24-25-26-27-29-30-32-35-38-41-44-50(53)56-47-48(46-55-49(52)43-40-37-34-15-12-9-6-3)57-51(54)45-42-39-36-33-31-28-21-19-17-14-11-8-5-2/h7-8,10-11,16-19,22-23,25-26,28-31,35,38,48H,4-6,9,12-15,20-21,24,27,32-34,36-37,39-47H2,1-3H3/b10-7-,11-8-,18-16-,19-17-,23-22-,26-25-,30-29-,31-28-,38-35-. The van der Waals surface area contributed by atoms with Gasteiger partial charge in [0, 0.05) is 19.3 Å². The monoisotopic (exact) mass is 789 g/mol. The van der Waals surface area contributed by atoms with Gasteiger partial charge in [0.2, 0.25) is 0 Å². The third-order valence-electron chi connectivity index (χ3n) is 8.79. The van der Waals surface area contributed by atoms with Gasteiger partial charge in [0.05, 0.1) is 0 Å². The zero-order valence-corrected chi connectivity index (χ0v) is 36.3. The van der Waals surface area contributed by atoms with Crippen molar-refractivity contribution in [3.63, 3.8) is 0 Å². The van der Waals surface area contributed by atoms with Crippen molar-refractivity contribution in [2.24, 2.45) is 0 Å². The highest BCUT2D eigenvalue weighted by Gasteiger charge is 2.19. The Balaban J connectivity index is 4.49. The molecule has 57 heavy (non-hydrogen) atoms. The molecule has 0 amide bonds. The van der Waals surface area contributed by atoms with E-state index >= 15 is 0 Å². The summed E-state index contributed by atoms with van der Waals surface area (Å²) in [7, 11) is 0. The van der Waals surface area contributed by atoms with Gasteiger partial charge in [-0.05, 0) is 89.9 Å². The number of esters is 3. The molecule has 1 unspecified atom stereocenters. The second kappa shape index (κ2) is 44.8. The van der Waals surface area contributed by atoms with Gasteiger partial charge in [-0.25, -0.2) is 0 Å². The van der Waals surface area contributed by atoms with E-state index in [0.717, 1.165) is 96.3 Å². The Morgan fingerprint density at radius 1 is 0.368 bits per heavy atom.